The van der Waals surface area contributed by atoms with Crippen LogP contribution in [0.4, 0.5) is 0 Å². The quantitative estimate of drug-likeness (QED) is 0.679. The highest BCUT2D eigenvalue weighted by Crippen LogP contribution is 2.23. The Morgan fingerprint density at radius 1 is 1.22 bits per heavy atom. The van der Waals surface area contributed by atoms with Crippen molar-refractivity contribution in [3.05, 3.63) is 61.5 Å². The number of thiophene rings is 1. The van der Waals surface area contributed by atoms with Gasteiger partial charge < -0.3 is 9.88 Å². The van der Waals surface area contributed by atoms with Crippen molar-refractivity contribution < 1.29 is 4.79 Å². The average Bonchev–Trinajstić information content (AvgIpc) is 3.22. The smallest absolute Gasteiger partial charge is 0.272 e. The van der Waals surface area contributed by atoms with E-state index in [0.29, 0.717) is 35.5 Å². The number of aromatic amines is 1. The minimum absolute atomic E-state index is 0.0659. The standard InChI is InChI=1S/C20H21N3O2S2/c1-12-3-4-14(7-13(12)2)9-22-10-15(8-17(22)24)11-23-19(25)18-16(5-6-27-18)21-20(23)26/h3-7,15H,8-11H2,1-2H3,(H,21,26). The van der Waals surface area contributed by atoms with E-state index in [1.807, 2.05) is 16.3 Å². The molecule has 4 rings (SSSR count). The number of hydrogen-bond acceptors (Lipinski definition) is 4. The summed E-state index contributed by atoms with van der Waals surface area (Å²) in [5.41, 5.74) is 4.34. The van der Waals surface area contributed by atoms with Gasteiger partial charge in [-0.2, -0.15) is 0 Å². The monoisotopic (exact) mass is 399 g/mol. The lowest BCUT2D eigenvalue weighted by molar-refractivity contribution is -0.128. The van der Waals surface area contributed by atoms with Crippen LogP contribution in [-0.4, -0.2) is 26.9 Å². The molecule has 2 aromatic heterocycles. The first-order chi connectivity index (χ1) is 12.9. The number of nitrogens with zero attached hydrogens (tertiary/aromatic N) is 2. The van der Waals surface area contributed by atoms with Crippen molar-refractivity contribution in [3.63, 3.8) is 0 Å². The number of fused-ring (bicyclic) bond motifs is 1. The highest BCUT2D eigenvalue weighted by molar-refractivity contribution is 7.71. The number of hydrogen-bond donors (Lipinski definition) is 1. The topological polar surface area (TPSA) is 58.1 Å². The van der Waals surface area contributed by atoms with E-state index in [4.69, 9.17) is 12.2 Å². The Morgan fingerprint density at radius 2 is 2.04 bits per heavy atom. The lowest BCUT2D eigenvalue weighted by Gasteiger charge is -2.18. The molecule has 1 aliphatic rings. The Balaban J connectivity index is 1.52. The summed E-state index contributed by atoms with van der Waals surface area (Å²) in [6.45, 7) is 5.90. The van der Waals surface area contributed by atoms with Crippen LogP contribution in [0, 0.1) is 24.5 Å². The van der Waals surface area contributed by atoms with Gasteiger partial charge in [0, 0.05) is 32.0 Å². The molecule has 1 atom stereocenters. The van der Waals surface area contributed by atoms with Gasteiger partial charge in [0.25, 0.3) is 5.56 Å². The molecule has 0 radical (unpaired) electrons. The fourth-order valence-corrected chi connectivity index (χ4v) is 4.71. The third-order valence-corrected chi connectivity index (χ3v) is 6.50. The fourth-order valence-electron chi connectivity index (χ4n) is 3.65. The van der Waals surface area contributed by atoms with Crippen LogP contribution >= 0.6 is 23.6 Å². The molecule has 0 bridgehead atoms. The van der Waals surface area contributed by atoms with Gasteiger partial charge in [-0.3, -0.25) is 14.2 Å². The molecule has 1 aromatic carbocycles. The first-order valence-corrected chi connectivity index (χ1v) is 10.3. The molecule has 1 amide bonds. The molecular weight excluding hydrogens is 378 g/mol. The third-order valence-electron chi connectivity index (χ3n) is 5.27. The molecule has 140 valence electrons. The van der Waals surface area contributed by atoms with Crippen molar-refractivity contribution in [1.82, 2.24) is 14.5 Å². The van der Waals surface area contributed by atoms with E-state index in [2.05, 4.69) is 37.0 Å². The summed E-state index contributed by atoms with van der Waals surface area (Å²) in [7, 11) is 0. The molecule has 3 aromatic rings. The normalized spacial score (nSPS) is 17.2. The zero-order chi connectivity index (χ0) is 19.1. The number of rotatable bonds is 4. The Morgan fingerprint density at radius 3 is 2.81 bits per heavy atom. The SMILES string of the molecule is Cc1ccc(CN2CC(Cn3c(=S)[nH]c4ccsc4c3=O)CC2=O)cc1C. The molecule has 3 heterocycles. The second-order valence-electron chi connectivity index (χ2n) is 7.27. The number of aromatic nitrogens is 2. The van der Waals surface area contributed by atoms with Crippen LogP contribution in [0.1, 0.15) is 23.1 Å². The number of amides is 1. The number of aryl methyl sites for hydroxylation is 2. The minimum atomic E-state index is -0.0659. The van der Waals surface area contributed by atoms with Gasteiger partial charge in [0.05, 0.1) is 5.52 Å². The summed E-state index contributed by atoms with van der Waals surface area (Å²) in [5.74, 6) is 0.229. The van der Waals surface area contributed by atoms with E-state index in [-0.39, 0.29) is 17.4 Å². The molecule has 27 heavy (non-hydrogen) atoms. The number of carbonyl (C=O) groups excluding carboxylic acids is 1. The molecule has 1 unspecified atom stereocenters. The maximum Gasteiger partial charge on any atom is 0.272 e. The zero-order valence-corrected chi connectivity index (χ0v) is 17.0. The van der Waals surface area contributed by atoms with E-state index >= 15 is 0 Å². The number of benzene rings is 1. The maximum atomic E-state index is 12.7. The zero-order valence-electron chi connectivity index (χ0n) is 15.3. The predicted molar refractivity (Wildman–Crippen MR) is 111 cm³/mol. The van der Waals surface area contributed by atoms with Gasteiger partial charge in [-0.05, 0) is 54.2 Å². The van der Waals surface area contributed by atoms with Gasteiger partial charge in [-0.1, -0.05) is 18.2 Å². The fraction of sp³-hybridized carbons (Fsp3) is 0.350. The number of carbonyl (C=O) groups is 1. The second kappa shape index (κ2) is 7.05. The van der Waals surface area contributed by atoms with Gasteiger partial charge in [0.1, 0.15) is 4.70 Å². The lowest BCUT2D eigenvalue weighted by Crippen LogP contribution is -2.28. The molecule has 0 aliphatic carbocycles. The van der Waals surface area contributed by atoms with Gasteiger partial charge in [-0.15, -0.1) is 11.3 Å². The molecule has 0 spiro atoms. The van der Waals surface area contributed by atoms with Gasteiger partial charge >= 0.3 is 0 Å². The molecule has 1 fully saturated rings. The first-order valence-electron chi connectivity index (χ1n) is 8.96. The number of likely N-dealkylation sites (tertiary alicyclic amines) is 1. The number of H-pyrrole nitrogens is 1. The van der Waals surface area contributed by atoms with Crippen molar-refractivity contribution in [1.29, 1.82) is 0 Å². The van der Waals surface area contributed by atoms with Gasteiger partial charge in [-0.25, -0.2) is 0 Å². The van der Waals surface area contributed by atoms with Crippen molar-refractivity contribution in [2.45, 2.75) is 33.4 Å². The van der Waals surface area contributed by atoms with Gasteiger partial charge in [0.15, 0.2) is 4.77 Å². The maximum absolute atomic E-state index is 12.7. The summed E-state index contributed by atoms with van der Waals surface area (Å²) in [5, 5.41) is 1.88. The van der Waals surface area contributed by atoms with Crippen molar-refractivity contribution in [3.8, 4) is 0 Å². The van der Waals surface area contributed by atoms with E-state index in [9.17, 15) is 9.59 Å². The largest absolute Gasteiger partial charge is 0.338 e. The van der Waals surface area contributed by atoms with Crippen LogP contribution in [0.25, 0.3) is 10.2 Å². The summed E-state index contributed by atoms with van der Waals surface area (Å²) < 4.78 is 2.71. The minimum Gasteiger partial charge on any atom is -0.338 e. The summed E-state index contributed by atoms with van der Waals surface area (Å²) in [6.07, 6.45) is 0.453. The van der Waals surface area contributed by atoms with Crippen molar-refractivity contribution in [2.75, 3.05) is 6.54 Å². The average molecular weight is 400 g/mol. The van der Waals surface area contributed by atoms with Crippen LogP contribution in [0.3, 0.4) is 0 Å². The van der Waals surface area contributed by atoms with E-state index < -0.39 is 0 Å². The first kappa shape index (κ1) is 18.1. The number of nitrogens with one attached hydrogen (secondary N) is 1. The summed E-state index contributed by atoms with van der Waals surface area (Å²) in [4.78, 5) is 30.2. The Kier molecular flexibility index (Phi) is 4.74. The van der Waals surface area contributed by atoms with E-state index in [1.165, 1.54) is 22.5 Å². The predicted octanol–water partition coefficient (Wildman–Crippen LogP) is 3.79. The van der Waals surface area contributed by atoms with Crippen LogP contribution in [0.5, 0.6) is 0 Å². The highest BCUT2D eigenvalue weighted by atomic mass is 32.1. The molecular formula is C20H21N3O2S2. The Hall–Kier alpha value is -2.25. The molecule has 7 heteroatoms. The van der Waals surface area contributed by atoms with Crippen LogP contribution in [-0.2, 0) is 17.9 Å². The molecule has 1 N–H and O–H groups in total. The Labute approximate surface area is 166 Å². The molecule has 1 aliphatic heterocycles. The van der Waals surface area contributed by atoms with Crippen LogP contribution in [0.2, 0.25) is 0 Å². The van der Waals surface area contributed by atoms with Crippen molar-refractivity contribution in [2.24, 2.45) is 5.92 Å². The summed E-state index contributed by atoms with van der Waals surface area (Å²) >= 11 is 6.78. The van der Waals surface area contributed by atoms with Gasteiger partial charge in [0.2, 0.25) is 5.91 Å². The molecule has 5 nitrogen and oxygen atoms in total. The van der Waals surface area contributed by atoms with Crippen molar-refractivity contribution >= 4 is 39.7 Å². The second-order valence-corrected chi connectivity index (χ2v) is 8.58. The van der Waals surface area contributed by atoms with E-state index in [1.54, 1.807) is 4.57 Å². The van der Waals surface area contributed by atoms with Crippen LogP contribution < -0.4 is 5.56 Å². The summed E-state index contributed by atoms with van der Waals surface area (Å²) in [6, 6.07) is 8.18. The highest BCUT2D eigenvalue weighted by Gasteiger charge is 2.30. The molecule has 0 saturated carbocycles. The van der Waals surface area contributed by atoms with E-state index in [0.717, 1.165) is 11.1 Å². The Bertz CT molecular complexity index is 1140. The third kappa shape index (κ3) is 3.49. The molecule has 1 saturated heterocycles. The van der Waals surface area contributed by atoms with Crippen LogP contribution in [0.15, 0.2) is 34.4 Å². The lowest BCUT2D eigenvalue weighted by atomic mass is 10.1.